The lowest BCUT2D eigenvalue weighted by Crippen LogP contribution is -2.25. The van der Waals surface area contributed by atoms with E-state index in [0.717, 1.165) is 17.7 Å². The molecule has 0 nitrogen and oxygen atoms in total. The second-order valence-electron chi connectivity index (χ2n) is 8.92. The van der Waals surface area contributed by atoms with E-state index in [-0.39, 0.29) is 0 Å². The second-order valence-corrected chi connectivity index (χ2v) is 8.92. The minimum absolute atomic E-state index is 0.936. The van der Waals surface area contributed by atoms with Gasteiger partial charge in [0, 0.05) is 0 Å². The molecule has 1 aliphatic heterocycles. The first-order valence-corrected chi connectivity index (χ1v) is 11.5. The Bertz CT molecular complexity index is 444. The smallest absolute Gasteiger partial charge is 0.0772 e. The fraction of sp³-hybridized carbons (Fsp3) is 0.750. The van der Waals surface area contributed by atoms with Gasteiger partial charge in [-0.2, -0.15) is 0 Å². The fourth-order valence-corrected chi connectivity index (χ4v) is 5.65. The standard InChI is InChI=1S/C24H39B/c1-2-4-11-17-22(16-10-3-1)24-23(18-12-5-6-13-19-25-24)20-21-14-8-7-9-15-21/h7-9,14-15,22-25H,1-6,10-13,16-20H2. The molecule has 2 unspecified atom stereocenters. The molecule has 1 aliphatic carbocycles. The second kappa shape index (κ2) is 11.1. The minimum atomic E-state index is 0.936. The van der Waals surface area contributed by atoms with E-state index >= 15 is 0 Å². The van der Waals surface area contributed by atoms with Crippen LogP contribution in [0.15, 0.2) is 30.3 Å². The van der Waals surface area contributed by atoms with E-state index in [1.807, 2.05) is 0 Å². The molecule has 1 saturated carbocycles. The summed E-state index contributed by atoms with van der Waals surface area (Å²) in [6, 6.07) is 11.4. The van der Waals surface area contributed by atoms with E-state index < -0.39 is 0 Å². The monoisotopic (exact) mass is 338 g/mol. The zero-order valence-corrected chi connectivity index (χ0v) is 16.4. The highest BCUT2D eigenvalue weighted by Gasteiger charge is 2.30. The Hall–Kier alpha value is -0.715. The van der Waals surface area contributed by atoms with Crippen LogP contribution >= 0.6 is 0 Å². The van der Waals surface area contributed by atoms with Crippen LogP contribution in [-0.2, 0) is 6.42 Å². The van der Waals surface area contributed by atoms with Gasteiger partial charge in [0.15, 0.2) is 0 Å². The van der Waals surface area contributed by atoms with Crippen molar-refractivity contribution in [3.63, 3.8) is 0 Å². The van der Waals surface area contributed by atoms with Crippen molar-refractivity contribution < 1.29 is 0 Å². The van der Waals surface area contributed by atoms with Gasteiger partial charge in [-0.25, -0.2) is 0 Å². The number of hydrogen-bond donors (Lipinski definition) is 0. The number of benzene rings is 1. The Balaban J connectivity index is 1.72. The summed E-state index contributed by atoms with van der Waals surface area (Å²) in [6.45, 7) is 0. The van der Waals surface area contributed by atoms with Crippen molar-refractivity contribution in [3.8, 4) is 0 Å². The molecule has 3 rings (SSSR count). The Labute approximate surface area is 157 Å². The predicted octanol–water partition coefficient (Wildman–Crippen LogP) is 7.20. The molecule has 0 N–H and O–H groups in total. The summed E-state index contributed by atoms with van der Waals surface area (Å²) in [4.78, 5) is 0. The first-order valence-electron chi connectivity index (χ1n) is 11.5. The van der Waals surface area contributed by atoms with Crippen LogP contribution in [0.1, 0.15) is 89.0 Å². The third kappa shape index (κ3) is 6.50. The van der Waals surface area contributed by atoms with E-state index in [1.54, 1.807) is 5.56 Å². The molecular formula is C24H39B. The average molecular weight is 338 g/mol. The van der Waals surface area contributed by atoms with Crippen molar-refractivity contribution in [1.29, 1.82) is 0 Å². The van der Waals surface area contributed by atoms with Crippen molar-refractivity contribution in [3.05, 3.63) is 35.9 Å². The SMILES string of the molecule is B1CCCCCCC(Cc2ccccc2)C1C1CCCCCCCC1. The summed E-state index contributed by atoms with van der Waals surface area (Å²) >= 11 is 0. The van der Waals surface area contributed by atoms with Crippen LogP contribution < -0.4 is 0 Å². The first-order chi connectivity index (χ1) is 12.4. The van der Waals surface area contributed by atoms with Crippen molar-refractivity contribution >= 4 is 7.28 Å². The summed E-state index contributed by atoms with van der Waals surface area (Å²) in [5, 5.41) is 0. The van der Waals surface area contributed by atoms with Crippen molar-refractivity contribution in [2.45, 2.75) is 102 Å². The summed E-state index contributed by atoms with van der Waals surface area (Å²) in [5.74, 6) is 2.95. The van der Waals surface area contributed by atoms with Gasteiger partial charge in [-0.1, -0.05) is 126 Å². The molecule has 0 amide bonds. The zero-order valence-electron chi connectivity index (χ0n) is 16.4. The molecular weight excluding hydrogens is 299 g/mol. The normalized spacial score (nSPS) is 27.7. The minimum Gasteiger partial charge on any atom is -0.0772 e. The van der Waals surface area contributed by atoms with Crippen LogP contribution in [0.5, 0.6) is 0 Å². The summed E-state index contributed by atoms with van der Waals surface area (Å²) in [7, 11) is 1.52. The number of hydrogen-bond acceptors (Lipinski definition) is 0. The first kappa shape index (κ1) is 19.1. The third-order valence-corrected chi connectivity index (χ3v) is 7.06. The zero-order chi connectivity index (χ0) is 17.2. The number of rotatable bonds is 3. The average Bonchev–Trinajstić information content (AvgIpc) is 2.84. The van der Waals surface area contributed by atoms with E-state index in [4.69, 9.17) is 0 Å². The Morgan fingerprint density at radius 3 is 2.00 bits per heavy atom. The van der Waals surface area contributed by atoms with Crippen molar-refractivity contribution in [1.82, 2.24) is 0 Å². The maximum atomic E-state index is 2.37. The molecule has 2 aliphatic rings. The molecule has 0 aromatic heterocycles. The molecule has 25 heavy (non-hydrogen) atoms. The van der Waals surface area contributed by atoms with Gasteiger partial charge in [-0.3, -0.25) is 0 Å². The molecule has 1 saturated heterocycles. The fourth-order valence-electron chi connectivity index (χ4n) is 5.65. The van der Waals surface area contributed by atoms with Gasteiger partial charge in [-0.05, 0) is 23.8 Å². The van der Waals surface area contributed by atoms with Gasteiger partial charge in [-0.15, -0.1) is 0 Å². The van der Waals surface area contributed by atoms with Crippen LogP contribution in [0.4, 0.5) is 0 Å². The Kier molecular flexibility index (Phi) is 8.46. The lowest BCUT2D eigenvalue weighted by molar-refractivity contribution is 0.305. The molecule has 1 aromatic carbocycles. The molecule has 1 heterocycles. The summed E-state index contributed by atoms with van der Waals surface area (Å²) in [5.41, 5.74) is 1.58. The lowest BCUT2D eigenvalue weighted by Gasteiger charge is -2.34. The topological polar surface area (TPSA) is 0 Å². The van der Waals surface area contributed by atoms with E-state index in [1.165, 1.54) is 103 Å². The van der Waals surface area contributed by atoms with Crippen LogP contribution in [0.25, 0.3) is 0 Å². The van der Waals surface area contributed by atoms with Gasteiger partial charge in [0.1, 0.15) is 7.28 Å². The molecule has 1 aromatic rings. The third-order valence-electron chi connectivity index (χ3n) is 7.06. The van der Waals surface area contributed by atoms with Crippen LogP contribution in [-0.4, -0.2) is 7.28 Å². The van der Waals surface area contributed by atoms with E-state index in [0.29, 0.717) is 0 Å². The highest BCUT2D eigenvalue weighted by molar-refractivity contribution is 6.37. The molecule has 0 bridgehead atoms. The van der Waals surface area contributed by atoms with Gasteiger partial charge in [0.2, 0.25) is 0 Å². The highest BCUT2D eigenvalue weighted by atomic mass is 14.3. The maximum absolute atomic E-state index is 2.37. The van der Waals surface area contributed by atoms with Gasteiger partial charge in [0.25, 0.3) is 0 Å². The van der Waals surface area contributed by atoms with Crippen LogP contribution in [0.2, 0.25) is 12.1 Å². The quantitative estimate of drug-likeness (QED) is 0.511. The molecule has 0 spiro atoms. The molecule has 2 fully saturated rings. The highest BCUT2D eigenvalue weighted by Crippen LogP contribution is 2.41. The Morgan fingerprint density at radius 1 is 0.680 bits per heavy atom. The van der Waals surface area contributed by atoms with Crippen LogP contribution in [0.3, 0.4) is 0 Å². The van der Waals surface area contributed by atoms with Gasteiger partial charge < -0.3 is 0 Å². The lowest BCUT2D eigenvalue weighted by atomic mass is 9.50. The molecule has 2 atom stereocenters. The van der Waals surface area contributed by atoms with Crippen molar-refractivity contribution in [2.75, 3.05) is 0 Å². The van der Waals surface area contributed by atoms with Crippen LogP contribution in [0, 0.1) is 11.8 Å². The molecule has 0 radical (unpaired) electrons. The molecule has 1 heteroatoms. The maximum Gasteiger partial charge on any atom is 0.124 e. The van der Waals surface area contributed by atoms with Gasteiger partial charge >= 0.3 is 0 Å². The van der Waals surface area contributed by atoms with Gasteiger partial charge in [0.05, 0.1) is 0 Å². The van der Waals surface area contributed by atoms with Crippen molar-refractivity contribution in [2.24, 2.45) is 11.8 Å². The van der Waals surface area contributed by atoms with E-state index in [9.17, 15) is 0 Å². The summed E-state index contributed by atoms with van der Waals surface area (Å²) < 4.78 is 0. The molecule has 138 valence electrons. The predicted molar refractivity (Wildman–Crippen MR) is 113 cm³/mol. The van der Waals surface area contributed by atoms with E-state index in [2.05, 4.69) is 30.3 Å². The summed E-state index contributed by atoms with van der Waals surface area (Å²) in [6.07, 6.45) is 22.2. The Morgan fingerprint density at radius 2 is 1.28 bits per heavy atom. The largest absolute Gasteiger partial charge is 0.124 e.